The average molecular weight is 341 g/mol. The third-order valence-corrected chi connectivity index (χ3v) is 4.73. The number of hydrogen-bond donors (Lipinski definition) is 1. The minimum atomic E-state index is 0.273. The van der Waals surface area contributed by atoms with E-state index >= 15 is 0 Å². The highest BCUT2D eigenvalue weighted by Crippen LogP contribution is 2.31. The Balaban J connectivity index is 1.50. The highest BCUT2D eigenvalue weighted by Gasteiger charge is 2.28. The van der Waals surface area contributed by atoms with Gasteiger partial charge in [0.25, 0.3) is 0 Å². The van der Waals surface area contributed by atoms with Crippen LogP contribution in [0.15, 0.2) is 96.1 Å². The van der Waals surface area contributed by atoms with Gasteiger partial charge >= 0.3 is 0 Å². The number of hydrogen-bond acceptors (Lipinski definition) is 3. The van der Waals surface area contributed by atoms with E-state index in [1.807, 2.05) is 12.1 Å². The molecule has 0 fully saturated rings. The molecule has 1 N–H and O–H groups in total. The summed E-state index contributed by atoms with van der Waals surface area (Å²) < 4.78 is 0. The lowest BCUT2D eigenvalue weighted by molar-refractivity contribution is 0.214. The molecule has 0 radical (unpaired) electrons. The summed E-state index contributed by atoms with van der Waals surface area (Å²) in [4.78, 5) is 0. The first kappa shape index (κ1) is 16.6. The van der Waals surface area contributed by atoms with Crippen LogP contribution in [0.2, 0.25) is 0 Å². The van der Waals surface area contributed by atoms with Gasteiger partial charge in [-0.2, -0.15) is 5.10 Å². The van der Waals surface area contributed by atoms with Gasteiger partial charge in [-0.1, -0.05) is 91.0 Å². The summed E-state index contributed by atoms with van der Waals surface area (Å²) in [5, 5.41) is 10.7. The molecule has 26 heavy (non-hydrogen) atoms. The average Bonchev–Trinajstić information content (AvgIpc) is 3.14. The van der Waals surface area contributed by atoms with Crippen molar-refractivity contribution in [2.75, 3.05) is 6.67 Å². The van der Waals surface area contributed by atoms with E-state index in [1.54, 1.807) is 0 Å². The first-order valence-electron chi connectivity index (χ1n) is 9.09. The molecular weight excluding hydrogens is 318 g/mol. The van der Waals surface area contributed by atoms with Crippen molar-refractivity contribution in [2.24, 2.45) is 5.10 Å². The zero-order valence-corrected chi connectivity index (χ0v) is 14.8. The summed E-state index contributed by atoms with van der Waals surface area (Å²) in [6.45, 7) is 1.57. The molecule has 0 saturated heterocycles. The van der Waals surface area contributed by atoms with Crippen LogP contribution >= 0.6 is 0 Å². The standard InChI is InChI=1S/C23H23N3/c1-4-10-19(11-5-1)17-24-18-26-23(21-14-8-3-9-15-21)16-22(25-26)20-12-6-2-7-13-20/h1-15,23-24H,16-18H2/t23-/m1/s1. The predicted molar refractivity (Wildman–Crippen MR) is 107 cm³/mol. The topological polar surface area (TPSA) is 27.6 Å². The SMILES string of the molecule is c1ccc(CNCN2N=C(c3ccccc3)C[C@@H]2c2ccccc2)cc1. The molecule has 1 aliphatic rings. The number of nitrogens with one attached hydrogen (secondary N) is 1. The third kappa shape index (κ3) is 3.84. The van der Waals surface area contributed by atoms with Crippen LogP contribution in [-0.2, 0) is 6.54 Å². The fourth-order valence-electron chi connectivity index (χ4n) is 3.38. The summed E-state index contributed by atoms with van der Waals surface area (Å²) in [7, 11) is 0. The van der Waals surface area contributed by atoms with E-state index < -0.39 is 0 Å². The number of nitrogens with zero attached hydrogens (tertiary/aromatic N) is 2. The van der Waals surface area contributed by atoms with Crippen LogP contribution < -0.4 is 5.32 Å². The Labute approximate surface area is 155 Å². The maximum Gasteiger partial charge on any atom is 0.0864 e. The normalized spacial score (nSPS) is 16.5. The molecule has 130 valence electrons. The summed E-state index contributed by atoms with van der Waals surface area (Å²) >= 11 is 0. The molecule has 1 aliphatic heterocycles. The molecule has 3 aromatic rings. The molecule has 0 spiro atoms. The van der Waals surface area contributed by atoms with Crippen molar-refractivity contribution in [3.05, 3.63) is 108 Å². The number of benzene rings is 3. The molecule has 0 bridgehead atoms. The van der Waals surface area contributed by atoms with Gasteiger partial charge in [0.1, 0.15) is 0 Å². The van der Waals surface area contributed by atoms with Crippen LogP contribution in [0, 0.1) is 0 Å². The number of hydrazone groups is 1. The summed E-state index contributed by atoms with van der Waals surface area (Å²) in [6, 6.07) is 31.9. The molecule has 1 atom stereocenters. The Morgan fingerprint density at radius 2 is 1.42 bits per heavy atom. The largest absolute Gasteiger partial charge is 0.294 e. The number of rotatable bonds is 6. The van der Waals surface area contributed by atoms with Crippen LogP contribution in [0.3, 0.4) is 0 Å². The Morgan fingerprint density at radius 3 is 2.12 bits per heavy atom. The molecule has 3 aromatic carbocycles. The van der Waals surface area contributed by atoms with E-state index in [4.69, 9.17) is 5.10 Å². The summed E-state index contributed by atoms with van der Waals surface area (Å²) in [5.41, 5.74) is 4.96. The Bertz CT molecular complexity index is 844. The molecule has 1 heterocycles. The summed E-state index contributed by atoms with van der Waals surface area (Å²) in [5.74, 6) is 0. The fraction of sp³-hybridized carbons (Fsp3) is 0.174. The molecular formula is C23H23N3. The first-order chi connectivity index (χ1) is 12.9. The molecule has 3 heteroatoms. The van der Waals surface area contributed by atoms with Crippen LogP contribution in [0.4, 0.5) is 0 Å². The smallest absolute Gasteiger partial charge is 0.0864 e. The van der Waals surface area contributed by atoms with E-state index in [-0.39, 0.29) is 6.04 Å². The van der Waals surface area contributed by atoms with Crippen molar-refractivity contribution in [3.63, 3.8) is 0 Å². The zero-order chi connectivity index (χ0) is 17.6. The molecule has 3 nitrogen and oxygen atoms in total. The van der Waals surface area contributed by atoms with Gasteiger partial charge in [-0.25, -0.2) is 0 Å². The third-order valence-electron chi connectivity index (χ3n) is 4.73. The molecule has 0 aromatic heterocycles. The van der Waals surface area contributed by atoms with Crippen LogP contribution in [0.5, 0.6) is 0 Å². The van der Waals surface area contributed by atoms with Crippen LogP contribution in [0.25, 0.3) is 0 Å². The first-order valence-corrected chi connectivity index (χ1v) is 9.09. The van der Waals surface area contributed by atoms with Gasteiger partial charge in [0.2, 0.25) is 0 Å². The molecule has 0 unspecified atom stereocenters. The highest BCUT2D eigenvalue weighted by atomic mass is 15.5. The zero-order valence-electron chi connectivity index (χ0n) is 14.8. The van der Waals surface area contributed by atoms with E-state index in [2.05, 4.69) is 89.2 Å². The van der Waals surface area contributed by atoms with Crippen LogP contribution in [0.1, 0.15) is 29.2 Å². The van der Waals surface area contributed by atoms with Gasteiger partial charge in [-0.05, 0) is 16.7 Å². The molecule has 0 amide bonds. The van der Waals surface area contributed by atoms with Crippen molar-refractivity contribution in [1.29, 1.82) is 0 Å². The second-order valence-corrected chi connectivity index (χ2v) is 6.55. The van der Waals surface area contributed by atoms with Gasteiger partial charge in [0, 0.05) is 13.0 Å². The van der Waals surface area contributed by atoms with Crippen molar-refractivity contribution >= 4 is 5.71 Å². The van der Waals surface area contributed by atoms with Crippen molar-refractivity contribution < 1.29 is 0 Å². The predicted octanol–water partition coefficient (Wildman–Crippen LogP) is 4.59. The minimum absolute atomic E-state index is 0.273. The lowest BCUT2D eigenvalue weighted by Gasteiger charge is -2.24. The monoisotopic (exact) mass is 341 g/mol. The maximum atomic E-state index is 4.93. The molecule has 4 rings (SSSR count). The van der Waals surface area contributed by atoms with Gasteiger partial charge in [-0.15, -0.1) is 0 Å². The maximum absolute atomic E-state index is 4.93. The Morgan fingerprint density at radius 1 is 0.808 bits per heavy atom. The lowest BCUT2D eigenvalue weighted by atomic mass is 9.99. The van der Waals surface area contributed by atoms with E-state index in [0.29, 0.717) is 0 Å². The quantitative estimate of drug-likeness (QED) is 0.710. The Hall–Kier alpha value is -2.91. The van der Waals surface area contributed by atoms with Crippen LogP contribution in [-0.4, -0.2) is 17.4 Å². The van der Waals surface area contributed by atoms with Crippen molar-refractivity contribution in [3.8, 4) is 0 Å². The van der Waals surface area contributed by atoms with Gasteiger partial charge < -0.3 is 0 Å². The van der Waals surface area contributed by atoms with Gasteiger partial charge in [0.05, 0.1) is 18.4 Å². The van der Waals surface area contributed by atoms with E-state index in [9.17, 15) is 0 Å². The van der Waals surface area contributed by atoms with Gasteiger partial charge in [0.15, 0.2) is 0 Å². The van der Waals surface area contributed by atoms with Gasteiger partial charge in [-0.3, -0.25) is 10.3 Å². The fourth-order valence-corrected chi connectivity index (χ4v) is 3.38. The summed E-state index contributed by atoms with van der Waals surface area (Å²) in [6.07, 6.45) is 0.932. The van der Waals surface area contributed by atoms with E-state index in [0.717, 1.165) is 25.3 Å². The second-order valence-electron chi connectivity index (χ2n) is 6.55. The Kier molecular flexibility index (Phi) is 5.08. The van der Waals surface area contributed by atoms with Crippen molar-refractivity contribution in [2.45, 2.75) is 19.0 Å². The lowest BCUT2D eigenvalue weighted by Crippen LogP contribution is -2.30. The minimum Gasteiger partial charge on any atom is -0.294 e. The van der Waals surface area contributed by atoms with Crippen molar-refractivity contribution in [1.82, 2.24) is 10.3 Å². The van der Waals surface area contributed by atoms with E-state index in [1.165, 1.54) is 16.7 Å². The molecule has 0 aliphatic carbocycles. The second kappa shape index (κ2) is 7.98. The highest BCUT2D eigenvalue weighted by molar-refractivity contribution is 6.01. The molecule has 0 saturated carbocycles.